The second kappa shape index (κ2) is 5.72. The number of hydrogen-bond acceptors (Lipinski definition) is 3. The lowest BCUT2D eigenvalue weighted by Crippen LogP contribution is -2.42. The summed E-state index contributed by atoms with van der Waals surface area (Å²) in [5.41, 5.74) is 1.02. The summed E-state index contributed by atoms with van der Waals surface area (Å²) in [7, 11) is 0. The minimum Gasteiger partial charge on any atom is -0.393 e. The van der Waals surface area contributed by atoms with Gasteiger partial charge in [-0.3, -0.25) is 10.1 Å². The average molecular weight is 295 g/mol. The van der Waals surface area contributed by atoms with Gasteiger partial charge < -0.3 is 10.0 Å². The molecular weight excluding hydrogens is 276 g/mol. The SMILES string of the molecule is O=C1CNC(c2cccc(Cl)c2)N1C1CCC(O)CC1. The van der Waals surface area contributed by atoms with E-state index in [9.17, 15) is 9.90 Å². The van der Waals surface area contributed by atoms with Crippen molar-refractivity contribution < 1.29 is 9.90 Å². The van der Waals surface area contributed by atoms with Crippen LogP contribution in [0, 0.1) is 0 Å². The first-order chi connectivity index (χ1) is 9.65. The van der Waals surface area contributed by atoms with Crippen molar-refractivity contribution in [3.8, 4) is 0 Å². The van der Waals surface area contributed by atoms with Crippen LogP contribution in [0.2, 0.25) is 5.02 Å². The molecule has 1 aromatic carbocycles. The lowest BCUT2D eigenvalue weighted by atomic mass is 9.91. The van der Waals surface area contributed by atoms with Gasteiger partial charge in [0.2, 0.25) is 5.91 Å². The van der Waals surface area contributed by atoms with Crippen LogP contribution in [-0.4, -0.2) is 34.6 Å². The number of benzene rings is 1. The van der Waals surface area contributed by atoms with Gasteiger partial charge in [0.15, 0.2) is 0 Å². The molecule has 1 aliphatic carbocycles. The number of rotatable bonds is 2. The number of carbonyl (C=O) groups excluding carboxylic acids is 1. The van der Waals surface area contributed by atoms with Gasteiger partial charge in [-0.2, -0.15) is 0 Å². The Balaban J connectivity index is 1.81. The molecule has 1 saturated carbocycles. The van der Waals surface area contributed by atoms with E-state index in [1.165, 1.54) is 0 Å². The summed E-state index contributed by atoms with van der Waals surface area (Å²) in [4.78, 5) is 14.1. The first kappa shape index (κ1) is 13.9. The number of hydrogen-bond donors (Lipinski definition) is 2. The molecule has 0 bridgehead atoms. The predicted molar refractivity (Wildman–Crippen MR) is 77.3 cm³/mol. The third kappa shape index (κ3) is 2.68. The standard InChI is InChI=1S/C15H19ClN2O2/c16-11-3-1-2-10(8-11)15-17-9-14(20)18(15)12-4-6-13(19)7-5-12/h1-3,8,12-13,15,17,19H,4-7,9H2. The molecule has 4 nitrogen and oxygen atoms in total. The molecule has 2 fully saturated rings. The monoisotopic (exact) mass is 294 g/mol. The molecule has 0 aromatic heterocycles. The van der Waals surface area contributed by atoms with Crippen molar-refractivity contribution in [2.75, 3.05) is 6.54 Å². The Labute approximate surface area is 123 Å². The summed E-state index contributed by atoms with van der Waals surface area (Å²) in [5, 5.41) is 13.6. The molecule has 1 aromatic rings. The molecule has 0 radical (unpaired) electrons. The van der Waals surface area contributed by atoms with Gasteiger partial charge in [-0.05, 0) is 43.4 Å². The van der Waals surface area contributed by atoms with Crippen LogP contribution in [0.15, 0.2) is 24.3 Å². The Bertz CT molecular complexity index is 500. The van der Waals surface area contributed by atoms with E-state index in [-0.39, 0.29) is 24.2 Å². The smallest absolute Gasteiger partial charge is 0.238 e. The Morgan fingerprint density at radius 3 is 2.70 bits per heavy atom. The molecule has 20 heavy (non-hydrogen) atoms. The zero-order valence-electron chi connectivity index (χ0n) is 11.3. The highest BCUT2D eigenvalue weighted by Crippen LogP contribution is 2.32. The molecule has 1 unspecified atom stereocenters. The van der Waals surface area contributed by atoms with E-state index < -0.39 is 0 Å². The minimum atomic E-state index is -0.207. The summed E-state index contributed by atoms with van der Waals surface area (Å²) < 4.78 is 0. The van der Waals surface area contributed by atoms with Crippen LogP contribution >= 0.6 is 11.6 Å². The van der Waals surface area contributed by atoms with Crippen LogP contribution in [0.1, 0.15) is 37.4 Å². The molecule has 1 amide bonds. The second-order valence-electron chi connectivity index (χ2n) is 5.60. The van der Waals surface area contributed by atoms with E-state index in [4.69, 9.17) is 11.6 Å². The number of aliphatic hydroxyl groups excluding tert-OH is 1. The molecule has 2 N–H and O–H groups in total. The fraction of sp³-hybridized carbons (Fsp3) is 0.533. The van der Waals surface area contributed by atoms with Gasteiger partial charge in [0, 0.05) is 11.1 Å². The van der Waals surface area contributed by atoms with E-state index >= 15 is 0 Å². The van der Waals surface area contributed by atoms with Gasteiger partial charge in [0.05, 0.1) is 12.6 Å². The first-order valence-electron chi connectivity index (χ1n) is 7.13. The quantitative estimate of drug-likeness (QED) is 0.878. The highest BCUT2D eigenvalue weighted by molar-refractivity contribution is 6.30. The van der Waals surface area contributed by atoms with Crippen molar-refractivity contribution in [3.05, 3.63) is 34.9 Å². The van der Waals surface area contributed by atoms with Gasteiger partial charge in [0.1, 0.15) is 6.17 Å². The number of aliphatic hydroxyl groups is 1. The van der Waals surface area contributed by atoms with Gasteiger partial charge in [0.25, 0.3) is 0 Å². The fourth-order valence-electron chi connectivity index (χ4n) is 3.22. The van der Waals surface area contributed by atoms with Crippen LogP contribution in [-0.2, 0) is 4.79 Å². The number of carbonyl (C=O) groups is 1. The zero-order valence-corrected chi connectivity index (χ0v) is 12.0. The number of nitrogens with one attached hydrogen (secondary N) is 1. The molecule has 2 aliphatic rings. The lowest BCUT2D eigenvalue weighted by molar-refractivity contribution is -0.131. The van der Waals surface area contributed by atoms with Crippen molar-refractivity contribution in [2.45, 2.75) is 44.0 Å². The number of amides is 1. The van der Waals surface area contributed by atoms with Gasteiger partial charge in [-0.15, -0.1) is 0 Å². The zero-order chi connectivity index (χ0) is 14.1. The molecule has 1 saturated heterocycles. The molecule has 108 valence electrons. The highest BCUT2D eigenvalue weighted by Gasteiger charge is 2.38. The van der Waals surface area contributed by atoms with E-state index in [0.29, 0.717) is 11.6 Å². The Morgan fingerprint density at radius 2 is 2.00 bits per heavy atom. The molecule has 1 heterocycles. The Morgan fingerprint density at radius 1 is 1.25 bits per heavy atom. The summed E-state index contributed by atoms with van der Waals surface area (Å²) in [6.07, 6.45) is 2.98. The summed E-state index contributed by atoms with van der Waals surface area (Å²) in [6, 6.07) is 7.86. The first-order valence-corrected chi connectivity index (χ1v) is 7.51. The van der Waals surface area contributed by atoms with Crippen molar-refractivity contribution in [1.29, 1.82) is 0 Å². The largest absolute Gasteiger partial charge is 0.393 e. The average Bonchev–Trinajstić information content (AvgIpc) is 2.82. The maximum atomic E-state index is 12.2. The molecule has 0 spiro atoms. The third-order valence-corrected chi connectivity index (χ3v) is 4.47. The maximum absolute atomic E-state index is 12.2. The minimum absolute atomic E-state index is 0.0959. The van der Waals surface area contributed by atoms with Crippen LogP contribution in [0.3, 0.4) is 0 Å². The Kier molecular flexibility index (Phi) is 3.96. The lowest BCUT2D eigenvalue weighted by Gasteiger charge is -2.36. The Hall–Kier alpha value is -1.10. The molecule has 5 heteroatoms. The van der Waals surface area contributed by atoms with Crippen molar-refractivity contribution >= 4 is 17.5 Å². The summed E-state index contributed by atoms with van der Waals surface area (Å²) in [6.45, 7) is 0.371. The van der Waals surface area contributed by atoms with Crippen molar-refractivity contribution in [1.82, 2.24) is 10.2 Å². The van der Waals surface area contributed by atoms with Crippen molar-refractivity contribution in [3.63, 3.8) is 0 Å². The van der Waals surface area contributed by atoms with Crippen LogP contribution in [0.5, 0.6) is 0 Å². The van der Waals surface area contributed by atoms with Crippen LogP contribution in [0.4, 0.5) is 0 Å². The normalized spacial score (nSPS) is 30.8. The predicted octanol–water partition coefficient (Wildman–Crippen LogP) is 2.07. The second-order valence-corrected chi connectivity index (χ2v) is 6.04. The third-order valence-electron chi connectivity index (χ3n) is 4.24. The molecule has 1 aliphatic heterocycles. The van der Waals surface area contributed by atoms with Crippen molar-refractivity contribution in [2.24, 2.45) is 0 Å². The van der Waals surface area contributed by atoms with Gasteiger partial charge in [-0.25, -0.2) is 0 Å². The van der Waals surface area contributed by atoms with Gasteiger partial charge >= 0.3 is 0 Å². The van der Waals surface area contributed by atoms with E-state index in [1.54, 1.807) is 0 Å². The van der Waals surface area contributed by atoms with E-state index in [0.717, 1.165) is 31.2 Å². The molecular formula is C15H19ClN2O2. The fourth-order valence-corrected chi connectivity index (χ4v) is 3.42. The topological polar surface area (TPSA) is 52.6 Å². The molecule has 3 rings (SSSR count). The van der Waals surface area contributed by atoms with E-state index in [2.05, 4.69) is 5.32 Å². The summed E-state index contributed by atoms with van der Waals surface area (Å²) in [5.74, 6) is 0.136. The van der Waals surface area contributed by atoms with Crippen LogP contribution < -0.4 is 5.32 Å². The van der Waals surface area contributed by atoms with E-state index in [1.807, 2.05) is 29.2 Å². The number of halogens is 1. The molecule has 1 atom stereocenters. The number of nitrogens with zero attached hydrogens (tertiary/aromatic N) is 1. The summed E-state index contributed by atoms with van der Waals surface area (Å²) >= 11 is 6.05. The van der Waals surface area contributed by atoms with Gasteiger partial charge in [-0.1, -0.05) is 23.7 Å². The highest BCUT2D eigenvalue weighted by atomic mass is 35.5. The maximum Gasteiger partial charge on any atom is 0.238 e. The van der Waals surface area contributed by atoms with Crippen LogP contribution in [0.25, 0.3) is 0 Å².